The van der Waals surface area contributed by atoms with Crippen molar-refractivity contribution < 1.29 is 9.59 Å². The molecule has 0 atom stereocenters. The number of carbonyl (C=O) groups excluding carboxylic acids is 2. The van der Waals surface area contributed by atoms with Gasteiger partial charge in [-0.05, 0) is 51.8 Å². The van der Waals surface area contributed by atoms with E-state index in [-0.39, 0.29) is 5.91 Å². The SMILES string of the molecule is O=C(NNC(=O)c1ccccc1Br)c1ccc(Cn2cccn2)cc1. The molecule has 3 rings (SSSR count). The van der Waals surface area contributed by atoms with Crippen LogP contribution in [0.25, 0.3) is 0 Å². The molecule has 2 N–H and O–H groups in total. The number of benzene rings is 2. The van der Waals surface area contributed by atoms with Crippen LogP contribution in [0.1, 0.15) is 26.3 Å². The van der Waals surface area contributed by atoms with Gasteiger partial charge >= 0.3 is 0 Å². The fourth-order valence-electron chi connectivity index (χ4n) is 2.24. The molecule has 0 saturated carbocycles. The van der Waals surface area contributed by atoms with Gasteiger partial charge in [0.25, 0.3) is 11.8 Å². The third-order valence-corrected chi connectivity index (χ3v) is 4.22. The van der Waals surface area contributed by atoms with Gasteiger partial charge in [0.1, 0.15) is 0 Å². The molecule has 0 aliphatic heterocycles. The van der Waals surface area contributed by atoms with Crippen LogP contribution in [0, 0.1) is 0 Å². The van der Waals surface area contributed by atoms with Gasteiger partial charge in [-0.15, -0.1) is 0 Å². The molecule has 0 spiro atoms. The van der Waals surface area contributed by atoms with Crippen molar-refractivity contribution in [3.63, 3.8) is 0 Å². The van der Waals surface area contributed by atoms with Crippen LogP contribution in [0.15, 0.2) is 71.5 Å². The molecule has 1 heterocycles. The van der Waals surface area contributed by atoms with E-state index >= 15 is 0 Å². The van der Waals surface area contributed by atoms with Gasteiger partial charge in [0, 0.05) is 22.4 Å². The van der Waals surface area contributed by atoms with Crippen LogP contribution in [0.5, 0.6) is 0 Å². The summed E-state index contributed by atoms with van der Waals surface area (Å²) in [5, 5.41) is 4.14. The zero-order valence-electron chi connectivity index (χ0n) is 13.1. The first-order valence-corrected chi connectivity index (χ1v) is 8.34. The van der Waals surface area contributed by atoms with Crippen LogP contribution < -0.4 is 10.9 Å². The molecule has 126 valence electrons. The Kier molecular flexibility index (Phi) is 5.25. The van der Waals surface area contributed by atoms with Crippen LogP contribution in [-0.4, -0.2) is 21.6 Å². The third kappa shape index (κ3) is 4.33. The fraction of sp³-hybridized carbons (Fsp3) is 0.0556. The summed E-state index contributed by atoms with van der Waals surface area (Å²) in [6.07, 6.45) is 3.59. The number of rotatable bonds is 4. The molecule has 2 amide bonds. The van der Waals surface area contributed by atoms with E-state index in [1.165, 1.54) is 0 Å². The lowest BCUT2D eigenvalue weighted by Crippen LogP contribution is -2.41. The third-order valence-electron chi connectivity index (χ3n) is 3.53. The number of nitrogens with zero attached hydrogens (tertiary/aromatic N) is 2. The molecule has 6 nitrogen and oxygen atoms in total. The maximum Gasteiger partial charge on any atom is 0.270 e. The van der Waals surface area contributed by atoms with Crippen molar-refractivity contribution >= 4 is 27.7 Å². The maximum atomic E-state index is 12.1. The number of hydrogen-bond acceptors (Lipinski definition) is 3. The standard InChI is InChI=1S/C18H15BrN4O2/c19-16-5-2-1-4-15(16)18(25)22-21-17(24)14-8-6-13(7-9-14)12-23-11-3-10-20-23/h1-11H,12H2,(H,21,24)(H,22,25). The van der Waals surface area contributed by atoms with Crippen molar-refractivity contribution in [1.82, 2.24) is 20.6 Å². The van der Waals surface area contributed by atoms with Crippen molar-refractivity contribution in [3.05, 3.63) is 88.2 Å². The smallest absolute Gasteiger partial charge is 0.268 e. The second-order valence-corrected chi connectivity index (χ2v) is 6.14. The van der Waals surface area contributed by atoms with Crippen molar-refractivity contribution in [1.29, 1.82) is 0 Å². The predicted molar refractivity (Wildman–Crippen MR) is 96.8 cm³/mol. The molecule has 0 saturated heterocycles. The summed E-state index contributed by atoms with van der Waals surface area (Å²) in [7, 11) is 0. The first kappa shape index (κ1) is 16.9. The lowest BCUT2D eigenvalue weighted by atomic mass is 10.1. The van der Waals surface area contributed by atoms with Gasteiger partial charge in [-0.25, -0.2) is 0 Å². The number of aromatic nitrogens is 2. The van der Waals surface area contributed by atoms with Gasteiger partial charge in [0.05, 0.1) is 12.1 Å². The molecule has 0 fully saturated rings. The van der Waals surface area contributed by atoms with Crippen molar-refractivity contribution in [2.45, 2.75) is 6.54 Å². The molecule has 0 radical (unpaired) electrons. The Morgan fingerprint density at radius 2 is 1.68 bits per heavy atom. The van der Waals surface area contributed by atoms with Crippen molar-refractivity contribution in [2.24, 2.45) is 0 Å². The van der Waals surface area contributed by atoms with Crippen LogP contribution in [-0.2, 0) is 6.54 Å². The van der Waals surface area contributed by atoms with Gasteiger partial charge in [-0.2, -0.15) is 5.10 Å². The normalized spacial score (nSPS) is 10.3. The van der Waals surface area contributed by atoms with E-state index in [1.807, 2.05) is 30.5 Å². The lowest BCUT2D eigenvalue weighted by molar-refractivity contribution is 0.0846. The van der Waals surface area contributed by atoms with E-state index in [9.17, 15) is 9.59 Å². The number of carbonyl (C=O) groups is 2. The largest absolute Gasteiger partial charge is 0.270 e. The summed E-state index contributed by atoms with van der Waals surface area (Å²) < 4.78 is 2.46. The molecule has 0 bridgehead atoms. The summed E-state index contributed by atoms with van der Waals surface area (Å²) in [5.74, 6) is -0.776. The van der Waals surface area contributed by atoms with E-state index in [0.29, 0.717) is 22.1 Å². The van der Waals surface area contributed by atoms with Gasteiger partial charge < -0.3 is 0 Å². The van der Waals surface area contributed by atoms with Crippen LogP contribution >= 0.6 is 15.9 Å². The average molecular weight is 399 g/mol. The zero-order chi connectivity index (χ0) is 17.6. The highest BCUT2D eigenvalue weighted by Gasteiger charge is 2.11. The summed E-state index contributed by atoms with van der Waals surface area (Å²) in [6.45, 7) is 0.633. The second kappa shape index (κ2) is 7.76. The molecule has 0 aliphatic rings. The summed E-state index contributed by atoms with van der Waals surface area (Å²) in [6, 6.07) is 16.0. The van der Waals surface area contributed by atoms with Crippen LogP contribution in [0.4, 0.5) is 0 Å². The monoisotopic (exact) mass is 398 g/mol. The lowest BCUT2D eigenvalue weighted by Gasteiger charge is -2.09. The molecule has 2 aromatic carbocycles. The van der Waals surface area contributed by atoms with Crippen molar-refractivity contribution in [2.75, 3.05) is 0 Å². The molecule has 7 heteroatoms. The van der Waals surface area contributed by atoms with Gasteiger partial charge in [-0.1, -0.05) is 24.3 Å². The van der Waals surface area contributed by atoms with Gasteiger partial charge in [0.2, 0.25) is 0 Å². The molecular formula is C18H15BrN4O2. The Bertz CT molecular complexity index is 876. The Labute approximate surface area is 153 Å². The first-order chi connectivity index (χ1) is 12.1. The number of halogens is 1. The quantitative estimate of drug-likeness (QED) is 0.663. The molecule has 3 aromatic rings. The Hall–Kier alpha value is -2.93. The number of hydrogen-bond donors (Lipinski definition) is 2. The Morgan fingerprint density at radius 3 is 2.36 bits per heavy atom. The highest BCUT2D eigenvalue weighted by Crippen LogP contribution is 2.15. The van der Waals surface area contributed by atoms with Crippen molar-refractivity contribution in [3.8, 4) is 0 Å². The molecule has 1 aromatic heterocycles. The second-order valence-electron chi connectivity index (χ2n) is 5.29. The minimum absolute atomic E-state index is 0.383. The fourth-order valence-corrected chi connectivity index (χ4v) is 2.71. The van der Waals surface area contributed by atoms with Gasteiger partial charge in [0.15, 0.2) is 0 Å². The number of hydrazine groups is 1. The topological polar surface area (TPSA) is 76.0 Å². The minimum atomic E-state index is -0.392. The van der Waals surface area contributed by atoms with Gasteiger partial charge in [-0.3, -0.25) is 25.1 Å². The Balaban J connectivity index is 1.58. The molecule has 0 unspecified atom stereocenters. The highest BCUT2D eigenvalue weighted by atomic mass is 79.9. The maximum absolute atomic E-state index is 12.1. The summed E-state index contributed by atoms with van der Waals surface area (Å²) in [5.41, 5.74) is 6.74. The Morgan fingerprint density at radius 1 is 0.960 bits per heavy atom. The van der Waals surface area contributed by atoms with E-state index in [0.717, 1.165) is 5.56 Å². The minimum Gasteiger partial charge on any atom is -0.268 e. The average Bonchev–Trinajstić information content (AvgIpc) is 3.13. The van der Waals surface area contributed by atoms with E-state index < -0.39 is 5.91 Å². The predicted octanol–water partition coefficient (Wildman–Crippen LogP) is 2.77. The number of nitrogens with one attached hydrogen (secondary N) is 2. The zero-order valence-corrected chi connectivity index (χ0v) is 14.7. The molecule has 25 heavy (non-hydrogen) atoms. The van der Waals surface area contributed by atoms with Crippen LogP contribution in [0.3, 0.4) is 0 Å². The van der Waals surface area contributed by atoms with E-state index in [2.05, 4.69) is 31.9 Å². The first-order valence-electron chi connectivity index (χ1n) is 7.55. The van der Waals surface area contributed by atoms with E-state index in [1.54, 1.807) is 41.2 Å². The van der Waals surface area contributed by atoms with E-state index in [4.69, 9.17) is 0 Å². The summed E-state index contributed by atoms with van der Waals surface area (Å²) >= 11 is 3.30. The van der Waals surface area contributed by atoms with Crippen LogP contribution in [0.2, 0.25) is 0 Å². The molecular weight excluding hydrogens is 384 g/mol. The highest BCUT2D eigenvalue weighted by molar-refractivity contribution is 9.10. The molecule has 0 aliphatic carbocycles. The summed E-state index contributed by atoms with van der Waals surface area (Å²) in [4.78, 5) is 24.2. The number of amides is 2.